The van der Waals surface area contributed by atoms with Crippen LogP contribution in [0.15, 0.2) is 6.20 Å². The number of carbonyl (C=O) groups is 1. The van der Waals surface area contributed by atoms with Gasteiger partial charge in [-0.1, -0.05) is 0 Å². The van der Waals surface area contributed by atoms with Gasteiger partial charge in [0.05, 0.1) is 13.2 Å². The Bertz CT molecular complexity index is 357. The zero-order valence-corrected chi connectivity index (χ0v) is 7.77. The minimum atomic E-state index is -0.534. The van der Waals surface area contributed by atoms with E-state index in [0.717, 1.165) is 0 Å². The number of primary amides is 1. The van der Waals surface area contributed by atoms with Crippen molar-refractivity contribution < 1.29 is 14.3 Å². The van der Waals surface area contributed by atoms with Gasteiger partial charge in [0.1, 0.15) is 11.7 Å². The molecule has 1 saturated heterocycles. The van der Waals surface area contributed by atoms with Crippen LogP contribution in [0.2, 0.25) is 0 Å². The first-order valence-corrected chi connectivity index (χ1v) is 4.24. The molecule has 0 bridgehead atoms. The zero-order chi connectivity index (χ0) is 10.1. The summed E-state index contributed by atoms with van der Waals surface area (Å²) in [5, 5.41) is 3.99. The molecule has 0 saturated carbocycles. The number of hydrogen-bond acceptors (Lipinski definition) is 4. The van der Waals surface area contributed by atoms with Crippen molar-refractivity contribution in [3.05, 3.63) is 11.8 Å². The van der Waals surface area contributed by atoms with Gasteiger partial charge in [-0.05, 0) is 0 Å². The Hall–Kier alpha value is -1.56. The summed E-state index contributed by atoms with van der Waals surface area (Å²) in [5.74, 6) is -0.248. The van der Waals surface area contributed by atoms with E-state index in [2.05, 4.69) is 5.10 Å². The topological polar surface area (TPSA) is 79.4 Å². The van der Waals surface area contributed by atoms with Crippen LogP contribution < -0.4 is 10.5 Å². The van der Waals surface area contributed by atoms with E-state index in [1.54, 1.807) is 7.05 Å². The second kappa shape index (κ2) is 3.30. The molecule has 76 valence electrons. The highest BCUT2D eigenvalue weighted by atomic mass is 16.6. The number of carbonyl (C=O) groups excluding carboxylic acids is 1. The van der Waals surface area contributed by atoms with Gasteiger partial charge >= 0.3 is 0 Å². The molecule has 0 radical (unpaired) electrons. The maximum atomic E-state index is 11.0. The molecule has 0 aliphatic carbocycles. The molecule has 0 aromatic carbocycles. The van der Waals surface area contributed by atoms with Gasteiger partial charge in [0.25, 0.3) is 5.91 Å². The lowest BCUT2D eigenvalue weighted by Gasteiger charge is -2.25. The first kappa shape index (κ1) is 9.01. The van der Waals surface area contributed by atoms with E-state index in [1.165, 1.54) is 10.9 Å². The molecule has 2 rings (SSSR count). The van der Waals surface area contributed by atoms with Crippen molar-refractivity contribution in [3.8, 4) is 5.88 Å². The predicted octanol–water partition coefficient (Wildman–Crippen LogP) is -0.703. The molecule has 1 aliphatic heterocycles. The Morgan fingerprint density at radius 1 is 1.79 bits per heavy atom. The molecule has 2 N–H and O–H groups in total. The summed E-state index contributed by atoms with van der Waals surface area (Å²) >= 11 is 0. The number of ether oxygens (including phenoxy) is 2. The van der Waals surface area contributed by atoms with E-state index >= 15 is 0 Å². The Morgan fingerprint density at radius 2 is 2.50 bits per heavy atom. The fourth-order valence-corrected chi connectivity index (χ4v) is 1.16. The Morgan fingerprint density at radius 3 is 3.00 bits per heavy atom. The van der Waals surface area contributed by atoms with E-state index in [0.29, 0.717) is 18.8 Å². The van der Waals surface area contributed by atoms with Crippen LogP contribution in [0.3, 0.4) is 0 Å². The smallest absolute Gasteiger partial charge is 0.255 e. The fraction of sp³-hybridized carbons (Fsp3) is 0.500. The SMILES string of the molecule is Cn1cc(C(N)=O)c(OC2COC2)n1. The summed E-state index contributed by atoms with van der Waals surface area (Å²) in [6.07, 6.45) is 1.53. The standard InChI is InChI=1S/C8H11N3O3/c1-11-2-6(7(9)12)8(10-11)14-5-3-13-4-5/h2,5H,3-4H2,1H3,(H2,9,12). The van der Waals surface area contributed by atoms with E-state index in [4.69, 9.17) is 15.2 Å². The summed E-state index contributed by atoms with van der Waals surface area (Å²) < 4.78 is 11.8. The number of nitrogens with zero attached hydrogens (tertiary/aromatic N) is 2. The summed E-state index contributed by atoms with van der Waals surface area (Å²) in [5.41, 5.74) is 5.46. The Kier molecular flexibility index (Phi) is 2.12. The van der Waals surface area contributed by atoms with Gasteiger partial charge in [-0.25, -0.2) is 0 Å². The molecular formula is C8H11N3O3. The first-order chi connectivity index (χ1) is 6.66. The molecule has 1 aliphatic rings. The molecule has 1 amide bonds. The molecule has 1 aromatic rings. The van der Waals surface area contributed by atoms with Crippen molar-refractivity contribution in [3.63, 3.8) is 0 Å². The summed E-state index contributed by atoms with van der Waals surface area (Å²) in [7, 11) is 1.70. The van der Waals surface area contributed by atoms with Gasteiger partial charge in [0.15, 0.2) is 0 Å². The minimum absolute atomic E-state index is 0.0111. The van der Waals surface area contributed by atoms with Crippen LogP contribution in [0.25, 0.3) is 0 Å². The monoisotopic (exact) mass is 197 g/mol. The molecule has 1 aromatic heterocycles. The maximum absolute atomic E-state index is 11.0. The molecular weight excluding hydrogens is 186 g/mol. The minimum Gasteiger partial charge on any atom is -0.468 e. The lowest BCUT2D eigenvalue weighted by Crippen LogP contribution is -2.39. The van der Waals surface area contributed by atoms with Crippen LogP contribution in [0.5, 0.6) is 5.88 Å². The first-order valence-electron chi connectivity index (χ1n) is 4.24. The summed E-state index contributed by atoms with van der Waals surface area (Å²) in [6, 6.07) is 0. The van der Waals surface area contributed by atoms with Crippen molar-refractivity contribution in [2.24, 2.45) is 12.8 Å². The van der Waals surface area contributed by atoms with Crippen LogP contribution in [0.4, 0.5) is 0 Å². The molecule has 2 heterocycles. The van der Waals surface area contributed by atoms with Crippen molar-refractivity contribution in [1.29, 1.82) is 0 Å². The zero-order valence-electron chi connectivity index (χ0n) is 7.77. The van der Waals surface area contributed by atoms with E-state index in [-0.39, 0.29) is 12.0 Å². The fourth-order valence-electron chi connectivity index (χ4n) is 1.16. The number of hydrogen-bond donors (Lipinski definition) is 1. The van der Waals surface area contributed by atoms with Crippen LogP contribution in [-0.4, -0.2) is 35.0 Å². The Balaban J connectivity index is 2.17. The van der Waals surface area contributed by atoms with E-state index in [9.17, 15) is 4.79 Å². The van der Waals surface area contributed by atoms with Gasteiger partial charge in [0, 0.05) is 13.2 Å². The van der Waals surface area contributed by atoms with Gasteiger partial charge in [-0.3, -0.25) is 9.48 Å². The van der Waals surface area contributed by atoms with Gasteiger partial charge in [-0.2, -0.15) is 0 Å². The van der Waals surface area contributed by atoms with Crippen molar-refractivity contribution in [1.82, 2.24) is 9.78 Å². The lowest BCUT2D eigenvalue weighted by atomic mass is 10.3. The van der Waals surface area contributed by atoms with Crippen molar-refractivity contribution in [2.45, 2.75) is 6.10 Å². The highest BCUT2D eigenvalue weighted by molar-refractivity contribution is 5.94. The highest BCUT2D eigenvalue weighted by Crippen LogP contribution is 2.18. The molecule has 14 heavy (non-hydrogen) atoms. The van der Waals surface area contributed by atoms with Gasteiger partial charge < -0.3 is 15.2 Å². The second-order valence-corrected chi connectivity index (χ2v) is 3.16. The predicted molar refractivity (Wildman–Crippen MR) is 47.0 cm³/mol. The van der Waals surface area contributed by atoms with Crippen LogP contribution >= 0.6 is 0 Å². The second-order valence-electron chi connectivity index (χ2n) is 3.16. The Labute approximate surface area is 80.6 Å². The average Bonchev–Trinajstić information content (AvgIpc) is 2.39. The molecule has 0 unspecified atom stereocenters. The number of amides is 1. The molecule has 0 spiro atoms. The molecule has 6 nitrogen and oxygen atoms in total. The quantitative estimate of drug-likeness (QED) is 0.694. The number of aryl methyl sites for hydroxylation is 1. The van der Waals surface area contributed by atoms with Crippen LogP contribution in [0, 0.1) is 0 Å². The highest BCUT2D eigenvalue weighted by Gasteiger charge is 2.24. The summed E-state index contributed by atoms with van der Waals surface area (Å²) in [4.78, 5) is 11.0. The largest absolute Gasteiger partial charge is 0.468 e. The van der Waals surface area contributed by atoms with Crippen molar-refractivity contribution in [2.75, 3.05) is 13.2 Å². The van der Waals surface area contributed by atoms with Gasteiger partial charge in [0.2, 0.25) is 5.88 Å². The third kappa shape index (κ3) is 1.56. The molecule has 1 fully saturated rings. The normalized spacial score (nSPS) is 16.4. The van der Waals surface area contributed by atoms with E-state index in [1.807, 2.05) is 0 Å². The third-order valence-electron chi connectivity index (χ3n) is 1.95. The lowest BCUT2D eigenvalue weighted by molar-refractivity contribution is -0.0816. The van der Waals surface area contributed by atoms with Gasteiger partial charge in [-0.15, -0.1) is 5.10 Å². The van der Waals surface area contributed by atoms with Crippen LogP contribution in [0.1, 0.15) is 10.4 Å². The molecule has 6 heteroatoms. The number of rotatable bonds is 3. The van der Waals surface area contributed by atoms with Crippen molar-refractivity contribution >= 4 is 5.91 Å². The maximum Gasteiger partial charge on any atom is 0.255 e. The van der Waals surface area contributed by atoms with E-state index < -0.39 is 5.91 Å². The third-order valence-corrected chi connectivity index (χ3v) is 1.95. The summed E-state index contributed by atoms with van der Waals surface area (Å²) in [6.45, 7) is 1.07. The number of aromatic nitrogens is 2. The van der Waals surface area contributed by atoms with Crippen LogP contribution in [-0.2, 0) is 11.8 Å². The average molecular weight is 197 g/mol. The molecule has 0 atom stereocenters. The number of nitrogens with two attached hydrogens (primary N) is 1.